The minimum absolute atomic E-state index is 0.682. The summed E-state index contributed by atoms with van der Waals surface area (Å²) < 4.78 is 0. The van der Waals surface area contributed by atoms with Crippen LogP contribution in [-0.2, 0) is 0 Å². The molecule has 1 aromatic carbocycles. The molecule has 0 radical (unpaired) electrons. The van der Waals surface area contributed by atoms with Gasteiger partial charge in [0.1, 0.15) is 6.07 Å². The molecule has 0 amide bonds. The van der Waals surface area contributed by atoms with Crippen molar-refractivity contribution >= 4 is 11.8 Å². The quantitative estimate of drug-likeness (QED) is 0.838. The van der Waals surface area contributed by atoms with Crippen LogP contribution in [0, 0.1) is 18.3 Å². The summed E-state index contributed by atoms with van der Waals surface area (Å²) in [7, 11) is 0. The normalized spacial score (nSPS) is 9.87. The fraction of sp³-hybridized carbons (Fsp3) is 0.0909. The lowest BCUT2D eigenvalue weighted by Crippen LogP contribution is -1.84. The van der Waals surface area contributed by atoms with Crippen molar-refractivity contribution in [2.75, 3.05) is 0 Å². The Morgan fingerprint density at radius 3 is 3.00 bits per heavy atom. The third-order valence-corrected chi connectivity index (χ3v) is 2.91. The molecule has 0 aliphatic rings. The van der Waals surface area contributed by atoms with Crippen LogP contribution in [0.2, 0.25) is 0 Å². The van der Waals surface area contributed by atoms with Gasteiger partial charge in [-0.15, -0.1) is 0 Å². The lowest BCUT2D eigenvalue weighted by molar-refractivity contribution is 1.06. The highest BCUT2D eigenvalue weighted by Crippen LogP contribution is 2.28. The second-order valence-electron chi connectivity index (χ2n) is 3.11. The van der Waals surface area contributed by atoms with Gasteiger partial charge in [0.2, 0.25) is 0 Å². The molecule has 0 saturated heterocycles. The van der Waals surface area contributed by atoms with Gasteiger partial charge < -0.3 is 4.98 Å². The molecule has 0 bridgehead atoms. The van der Waals surface area contributed by atoms with Gasteiger partial charge in [-0.2, -0.15) is 5.26 Å². The second-order valence-corrected chi connectivity index (χ2v) is 4.14. The molecule has 0 saturated carbocycles. The number of hydrogen-bond acceptors (Lipinski definition) is 3. The van der Waals surface area contributed by atoms with Crippen LogP contribution >= 0.6 is 11.8 Å². The first-order chi connectivity index (χ1) is 7.29. The first-order valence-corrected chi connectivity index (χ1v) is 5.29. The summed E-state index contributed by atoms with van der Waals surface area (Å²) in [6.45, 7) is 2.01. The highest BCUT2D eigenvalue weighted by molar-refractivity contribution is 7.99. The van der Waals surface area contributed by atoms with Crippen molar-refractivity contribution in [1.82, 2.24) is 9.97 Å². The summed E-state index contributed by atoms with van der Waals surface area (Å²) in [6.07, 6.45) is 3.47. The molecule has 0 fully saturated rings. The van der Waals surface area contributed by atoms with Crippen molar-refractivity contribution in [2.24, 2.45) is 0 Å². The summed E-state index contributed by atoms with van der Waals surface area (Å²) in [6, 6.07) is 7.93. The minimum atomic E-state index is 0.682. The number of H-pyrrole nitrogens is 1. The number of aromatic nitrogens is 2. The van der Waals surface area contributed by atoms with Crippen molar-refractivity contribution in [3.05, 3.63) is 41.7 Å². The minimum Gasteiger partial charge on any atom is -0.339 e. The van der Waals surface area contributed by atoms with Crippen LogP contribution in [0.4, 0.5) is 0 Å². The Morgan fingerprint density at radius 1 is 1.47 bits per heavy atom. The number of aryl methyl sites for hydroxylation is 1. The smallest absolute Gasteiger partial charge is 0.170 e. The maximum atomic E-state index is 8.94. The number of benzene rings is 1. The highest BCUT2D eigenvalue weighted by atomic mass is 32.2. The van der Waals surface area contributed by atoms with Crippen molar-refractivity contribution in [3.8, 4) is 6.07 Å². The fourth-order valence-corrected chi connectivity index (χ4v) is 2.13. The van der Waals surface area contributed by atoms with E-state index in [0.29, 0.717) is 5.56 Å². The van der Waals surface area contributed by atoms with Crippen LogP contribution in [0.25, 0.3) is 0 Å². The Bertz CT molecular complexity index is 497. The van der Waals surface area contributed by atoms with Crippen LogP contribution in [0.15, 0.2) is 40.6 Å². The van der Waals surface area contributed by atoms with Crippen LogP contribution in [-0.4, -0.2) is 9.97 Å². The standard InChI is InChI=1S/C11H9N3S/c1-8-2-3-9(7-12)10(6-8)15-11-13-4-5-14-11/h2-6H,1H3,(H,13,14). The van der Waals surface area contributed by atoms with Gasteiger partial charge in [0.15, 0.2) is 5.16 Å². The molecule has 0 aliphatic carbocycles. The summed E-state index contributed by atoms with van der Waals surface area (Å²) in [5, 5.41) is 9.75. The number of aromatic amines is 1. The number of imidazole rings is 1. The Labute approximate surface area is 92.2 Å². The lowest BCUT2D eigenvalue weighted by Gasteiger charge is -2.02. The van der Waals surface area contributed by atoms with E-state index in [0.717, 1.165) is 15.6 Å². The Hall–Kier alpha value is -1.73. The monoisotopic (exact) mass is 215 g/mol. The number of nitrogens with zero attached hydrogens (tertiary/aromatic N) is 2. The van der Waals surface area contributed by atoms with E-state index in [2.05, 4.69) is 16.0 Å². The van der Waals surface area contributed by atoms with E-state index in [1.165, 1.54) is 11.8 Å². The Morgan fingerprint density at radius 2 is 2.33 bits per heavy atom. The molecule has 15 heavy (non-hydrogen) atoms. The average molecular weight is 215 g/mol. The van der Waals surface area contributed by atoms with Gasteiger partial charge in [0.25, 0.3) is 0 Å². The molecule has 0 spiro atoms. The van der Waals surface area contributed by atoms with Crippen LogP contribution in [0.3, 0.4) is 0 Å². The number of nitrogens with one attached hydrogen (secondary N) is 1. The molecular formula is C11H9N3S. The van der Waals surface area contributed by atoms with Gasteiger partial charge >= 0.3 is 0 Å². The molecule has 1 heterocycles. The molecule has 3 nitrogen and oxygen atoms in total. The van der Waals surface area contributed by atoms with Crippen LogP contribution < -0.4 is 0 Å². The maximum Gasteiger partial charge on any atom is 0.170 e. The molecule has 1 N–H and O–H groups in total. The molecule has 2 aromatic rings. The molecule has 0 unspecified atom stereocenters. The van der Waals surface area contributed by atoms with E-state index in [1.54, 1.807) is 12.4 Å². The Kier molecular flexibility index (Phi) is 2.75. The van der Waals surface area contributed by atoms with E-state index in [9.17, 15) is 0 Å². The van der Waals surface area contributed by atoms with Gasteiger partial charge in [0.05, 0.1) is 5.56 Å². The zero-order valence-electron chi connectivity index (χ0n) is 8.19. The van der Waals surface area contributed by atoms with Gasteiger partial charge in [-0.25, -0.2) is 4.98 Å². The number of nitriles is 1. The summed E-state index contributed by atoms with van der Waals surface area (Å²) in [5.74, 6) is 0. The largest absolute Gasteiger partial charge is 0.339 e. The zero-order valence-corrected chi connectivity index (χ0v) is 9.01. The fourth-order valence-electron chi connectivity index (χ4n) is 1.22. The Balaban J connectivity index is 2.35. The van der Waals surface area contributed by atoms with Gasteiger partial charge in [-0.05, 0) is 24.6 Å². The number of rotatable bonds is 2. The predicted octanol–water partition coefficient (Wildman–Crippen LogP) is 2.74. The molecule has 0 atom stereocenters. The van der Waals surface area contributed by atoms with Crippen molar-refractivity contribution in [2.45, 2.75) is 17.0 Å². The third kappa shape index (κ3) is 2.20. The molecule has 1 aromatic heterocycles. The molecule has 0 aliphatic heterocycles. The molecule has 4 heteroatoms. The average Bonchev–Trinajstić information content (AvgIpc) is 2.71. The summed E-state index contributed by atoms with van der Waals surface area (Å²) >= 11 is 1.47. The summed E-state index contributed by atoms with van der Waals surface area (Å²) in [5.41, 5.74) is 1.82. The van der Waals surface area contributed by atoms with Crippen molar-refractivity contribution < 1.29 is 0 Å². The zero-order chi connectivity index (χ0) is 10.7. The molecule has 2 rings (SSSR count). The van der Waals surface area contributed by atoms with E-state index >= 15 is 0 Å². The van der Waals surface area contributed by atoms with Crippen molar-refractivity contribution in [3.63, 3.8) is 0 Å². The van der Waals surface area contributed by atoms with Gasteiger partial charge in [0, 0.05) is 17.3 Å². The van der Waals surface area contributed by atoms with Crippen LogP contribution in [0.5, 0.6) is 0 Å². The highest BCUT2D eigenvalue weighted by Gasteiger charge is 2.05. The van der Waals surface area contributed by atoms with E-state index in [1.807, 2.05) is 25.1 Å². The van der Waals surface area contributed by atoms with Crippen molar-refractivity contribution in [1.29, 1.82) is 5.26 Å². The van der Waals surface area contributed by atoms with E-state index < -0.39 is 0 Å². The SMILES string of the molecule is Cc1ccc(C#N)c(Sc2ncc[nH]2)c1. The first kappa shape index (κ1) is 9.81. The maximum absolute atomic E-state index is 8.94. The topological polar surface area (TPSA) is 52.5 Å². The van der Waals surface area contributed by atoms with E-state index in [4.69, 9.17) is 5.26 Å². The third-order valence-electron chi connectivity index (χ3n) is 1.94. The first-order valence-electron chi connectivity index (χ1n) is 4.47. The van der Waals surface area contributed by atoms with Crippen LogP contribution in [0.1, 0.15) is 11.1 Å². The summed E-state index contributed by atoms with van der Waals surface area (Å²) in [4.78, 5) is 8.05. The second kappa shape index (κ2) is 4.20. The number of hydrogen-bond donors (Lipinski definition) is 1. The van der Waals surface area contributed by atoms with Gasteiger partial charge in [-0.3, -0.25) is 0 Å². The van der Waals surface area contributed by atoms with E-state index in [-0.39, 0.29) is 0 Å². The predicted molar refractivity (Wildman–Crippen MR) is 58.6 cm³/mol. The molecular weight excluding hydrogens is 206 g/mol. The van der Waals surface area contributed by atoms with Gasteiger partial charge in [-0.1, -0.05) is 17.8 Å². The lowest BCUT2D eigenvalue weighted by atomic mass is 10.2. The molecule has 74 valence electrons.